The lowest BCUT2D eigenvalue weighted by Gasteiger charge is -2.17. The van der Waals surface area contributed by atoms with Crippen molar-refractivity contribution in [2.45, 2.75) is 25.4 Å². The predicted molar refractivity (Wildman–Crippen MR) is 76.6 cm³/mol. The molecule has 1 heterocycles. The van der Waals surface area contributed by atoms with Crippen LogP contribution in [0.4, 0.5) is 4.79 Å². The van der Waals surface area contributed by atoms with Gasteiger partial charge in [0.1, 0.15) is 11.0 Å². The summed E-state index contributed by atoms with van der Waals surface area (Å²) in [6.07, 6.45) is 3.95. The molecule has 2 amide bonds. The highest BCUT2D eigenvalue weighted by molar-refractivity contribution is 7.98. The van der Waals surface area contributed by atoms with Gasteiger partial charge in [-0.2, -0.15) is 11.8 Å². The molecule has 0 saturated carbocycles. The van der Waals surface area contributed by atoms with Gasteiger partial charge in [-0.15, -0.1) is 11.3 Å². The van der Waals surface area contributed by atoms with Crippen LogP contribution >= 0.6 is 23.1 Å². The Morgan fingerprint density at radius 2 is 2.26 bits per heavy atom. The van der Waals surface area contributed by atoms with Crippen molar-refractivity contribution in [1.82, 2.24) is 15.6 Å². The average Bonchev–Trinajstić information content (AvgIpc) is 2.87. The van der Waals surface area contributed by atoms with E-state index in [-0.39, 0.29) is 6.04 Å². The van der Waals surface area contributed by atoms with Crippen LogP contribution in [0.1, 0.15) is 24.4 Å². The van der Waals surface area contributed by atoms with Crippen LogP contribution in [0.3, 0.4) is 0 Å². The fourth-order valence-electron chi connectivity index (χ4n) is 1.40. The summed E-state index contributed by atoms with van der Waals surface area (Å²) in [5.41, 5.74) is 0. The van der Waals surface area contributed by atoms with Gasteiger partial charge in [0.2, 0.25) is 0 Å². The maximum atomic E-state index is 11.7. The number of nitrogens with zero attached hydrogens (tertiary/aromatic N) is 1. The number of urea groups is 1. The van der Waals surface area contributed by atoms with E-state index in [1.54, 1.807) is 24.9 Å². The molecular formula is C11H17N3O3S2. The van der Waals surface area contributed by atoms with Crippen LogP contribution in [0, 0.1) is 0 Å². The first kappa shape index (κ1) is 15.8. The van der Waals surface area contributed by atoms with Gasteiger partial charge in [0.05, 0.1) is 6.04 Å². The quantitative estimate of drug-likeness (QED) is 0.713. The van der Waals surface area contributed by atoms with Crippen LogP contribution in [-0.2, 0) is 4.79 Å². The molecule has 106 valence electrons. The predicted octanol–water partition coefficient (Wildman–Crippen LogP) is 1.71. The molecule has 0 aliphatic heterocycles. The number of aromatic nitrogens is 1. The Labute approximate surface area is 120 Å². The molecule has 2 atom stereocenters. The van der Waals surface area contributed by atoms with Crippen LogP contribution in [-0.4, -0.2) is 40.1 Å². The standard InChI is InChI=1S/C11H17N3O3S2/c1-7(9-12-4-6-19-9)13-11(17)14-8(10(15)16)3-5-18-2/h4,6-8H,3,5H2,1-2H3,(H,15,16)(H2,13,14,17). The molecule has 0 saturated heterocycles. The molecule has 0 fully saturated rings. The third-order valence-electron chi connectivity index (χ3n) is 2.38. The normalized spacial score (nSPS) is 13.6. The summed E-state index contributed by atoms with van der Waals surface area (Å²) >= 11 is 2.98. The zero-order valence-corrected chi connectivity index (χ0v) is 12.4. The summed E-state index contributed by atoms with van der Waals surface area (Å²) in [5, 5.41) is 16.7. The van der Waals surface area contributed by atoms with E-state index >= 15 is 0 Å². The lowest BCUT2D eigenvalue weighted by molar-refractivity contribution is -0.139. The smallest absolute Gasteiger partial charge is 0.326 e. The van der Waals surface area contributed by atoms with E-state index in [1.165, 1.54) is 11.3 Å². The summed E-state index contributed by atoms with van der Waals surface area (Å²) in [4.78, 5) is 26.8. The molecule has 1 aromatic rings. The fourth-order valence-corrected chi connectivity index (χ4v) is 2.52. The zero-order chi connectivity index (χ0) is 14.3. The molecule has 8 heteroatoms. The van der Waals surface area contributed by atoms with Crippen molar-refractivity contribution in [1.29, 1.82) is 0 Å². The van der Waals surface area contributed by atoms with Crippen LogP contribution in [0.5, 0.6) is 0 Å². The number of thiazole rings is 1. The maximum absolute atomic E-state index is 11.7. The molecule has 2 unspecified atom stereocenters. The minimum absolute atomic E-state index is 0.241. The number of rotatable bonds is 7. The largest absolute Gasteiger partial charge is 0.480 e. The maximum Gasteiger partial charge on any atom is 0.326 e. The van der Waals surface area contributed by atoms with Gasteiger partial charge in [0.25, 0.3) is 0 Å². The van der Waals surface area contributed by atoms with Crippen molar-refractivity contribution in [3.05, 3.63) is 16.6 Å². The van der Waals surface area contributed by atoms with Gasteiger partial charge >= 0.3 is 12.0 Å². The number of carboxylic acid groups (broad SMARTS) is 1. The second-order valence-electron chi connectivity index (χ2n) is 3.88. The number of carbonyl (C=O) groups excluding carboxylic acids is 1. The Balaban J connectivity index is 2.46. The van der Waals surface area contributed by atoms with Gasteiger partial charge in [-0.3, -0.25) is 0 Å². The first-order chi connectivity index (χ1) is 9.04. The number of carboxylic acids is 1. The molecule has 0 aromatic carbocycles. The van der Waals surface area contributed by atoms with Gasteiger partial charge in [0.15, 0.2) is 0 Å². The Morgan fingerprint density at radius 3 is 2.79 bits per heavy atom. The molecular weight excluding hydrogens is 286 g/mol. The number of aliphatic carboxylic acids is 1. The summed E-state index contributed by atoms with van der Waals surface area (Å²) in [7, 11) is 0. The highest BCUT2D eigenvalue weighted by atomic mass is 32.2. The Kier molecular flexibility index (Phi) is 6.65. The van der Waals surface area contributed by atoms with Gasteiger partial charge in [-0.25, -0.2) is 14.6 Å². The molecule has 19 heavy (non-hydrogen) atoms. The van der Waals surface area contributed by atoms with Crippen LogP contribution in [0.15, 0.2) is 11.6 Å². The molecule has 0 spiro atoms. The van der Waals surface area contributed by atoms with E-state index in [9.17, 15) is 9.59 Å². The molecule has 0 radical (unpaired) electrons. The van der Waals surface area contributed by atoms with Gasteiger partial charge < -0.3 is 15.7 Å². The number of hydrogen-bond acceptors (Lipinski definition) is 5. The van der Waals surface area contributed by atoms with E-state index in [0.29, 0.717) is 12.2 Å². The summed E-state index contributed by atoms with van der Waals surface area (Å²) < 4.78 is 0. The molecule has 6 nitrogen and oxygen atoms in total. The molecule has 0 bridgehead atoms. The minimum atomic E-state index is -1.02. The Morgan fingerprint density at radius 1 is 1.53 bits per heavy atom. The molecule has 1 aromatic heterocycles. The van der Waals surface area contributed by atoms with E-state index in [1.807, 2.05) is 11.6 Å². The Hall–Kier alpha value is -1.28. The highest BCUT2D eigenvalue weighted by Gasteiger charge is 2.20. The fraction of sp³-hybridized carbons (Fsp3) is 0.545. The first-order valence-electron chi connectivity index (χ1n) is 5.72. The van der Waals surface area contributed by atoms with E-state index < -0.39 is 18.0 Å². The highest BCUT2D eigenvalue weighted by Crippen LogP contribution is 2.14. The van der Waals surface area contributed by atoms with E-state index in [0.717, 1.165) is 5.01 Å². The van der Waals surface area contributed by atoms with Crippen molar-refractivity contribution in [2.75, 3.05) is 12.0 Å². The number of carbonyl (C=O) groups is 2. The molecule has 3 N–H and O–H groups in total. The SMILES string of the molecule is CSCCC(NC(=O)NC(C)c1nccs1)C(=O)O. The number of amides is 2. The first-order valence-corrected chi connectivity index (χ1v) is 8.00. The monoisotopic (exact) mass is 303 g/mol. The lowest BCUT2D eigenvalue weighted by atomic mass is 10.2. The third-order valence-corrected chi connectivity index (χ3v) is 3.99. The van der Waals surface area contributed by atoms with Gasteiger partial charge in [-0.1, -0.05) is 0 Å². The Bertz CT molecular complexity index is 411. The topological polar surface area (TPSA) is 91.3 Å². The second kappa shape index (κ2) is 8.00. The van der Waals surface area contributed by atoms with Gasteiger partial charge in [-0.05, 0) is 25.4 Å². The molecule has 0 aliphatic rings. The van der Waals surface area contributed by atoms with Crippen molar-refractivity contribution >= 4 is 35.1 Å². The van der Waals surface area contributed by atoms with Crippen LogP contribution < -0.4 is 10.6 Å². The molecule has 1 rings (SSSR count). The second-order valence-corrected chi connectivity index (χ2v) is 5.79. The van der Waals surface area contributed by atoms with Crippen LogP contribution in [0.2, 0.25) is 0 Å². The number of thioether (sulfide) groups is 1. The van der Waals surface area contributed by atoms with E-state index in [4.69, 9.17) is 5.11 Å². The number of hydrogen-bond donors (Lipinski definition) is 3. The van der Waals surface area contributed by atoms with Crippen molar-refractivity contribution in [3.8, 4) is 0 Å². The average molecular weight is 303 g/mol. The van der Waals surface area contributed by atoms with Crippen LogP contribution in [0.25, 0.3) is 0 Å². The zero-order valence-electron chi connectivity index (χ0n) is 10.8. The van der Waals surface area contributed by atoms with Crippen molar-refractivity contribution < 1.29 is 14.7 Å². The minimum Gasteiger partial charge on any atom is -0.480 e. The summed E-state index contributed by atoms with van der Waals surface area (Å²) in [6, 6.07) is -1.60. The van der Waals surface area contributed by atoms with Gasteiger partial charge in [0, 0.05) is 11.6 Å². The van der Waals surface area contributed by atoms with Crippen molar-refractivity contribution in [2.24, 2.45) is 0 Å². The molecule has 0 aliphatic carbocycles. The van der Waals surface area contributed by atoms with E-state index in [2.05, 4.69) is 15.6 Å². The number of nitrogens with one attached hydrogen (secondary N) is 2. The van der Waals surface area contributed by atoms with Crippen molar-refractivity contribution in [3.63, 3.8) is 0 Å². The summed E-state index contributed by atoms with van der Waals surface area (Å²) in [5.74, 6) is -0.342. The summed E-state index contributed by atoms with van der Waals surface area (Å²) in [6.45, 7) is 1.80. The lowest BCUT2D eigenvalue weighted by Crippen LogP contribution is -2.46. The third kappa shape index (κ3) is 5.48.